The van der Waals surface area contributed by atoms with Crippen molar-refractivity contribution in [2.24, 2.45) is 5.92 Å². The molecule has 1 fully saturated rings. The van der Waals surface area contributed by atoms with Crippen LogP contribution < -0.4 is 10.1 Å². The van der Waals surface area contributed by atoms with Crippen LogP contribution in [0.1, 0.15) is 36.4 Å². The molecule has 2 aromatic rings. The lowest BCUT2D eigenvalue weighted by Gasteiger charge is -2.18. The maximum atomic E-state index is 12.6. The summed E-state index contributed by atoms with van der Waals surface area (Å²) in [6.07, 6.45) is 2.63. The molecule has 1 saturated carbocycles. The van der Waals surface area contributed by atoms with E-state index in [1.165, 1.54) is 5.56 Å². The van der Waals surface area contributed by atoms with Gasteiger partial charge in [-0.05, 0) is 36.5 Å². The molecule has 3 unspecified atom stereocenters. The number of hydrogen-bond acceptors (Lipinski definition) is 4. The lowest BCUT2D eigenvalue weighted by molar-refractivity contribution is -0.123. The lowest BCUT2D eigenvalue weighted by Crippen LogP contribution is -2.32. The lowest BCUT2D eigenvalue weighted by atomic mass is 10.1. The molecule has 1 heterocycles. The quantitative estimate of drug-likeness (QED) is 0.802. The summed E-state index contributed by atoms with van der Waals surface area (Å²) in [5.74, 6) is 1.02. The van der Waals surface area contributed by atoms with Gasteiger partial charge in [0.05, 0.1) is 19.3 Å². The third-order valence-electron chi connectivity index (χ3n) is 4.46. The molecule has 1 aliphatic rings. The van der Waals surface area contributed by atoms with Crippen molar-refractivity contribution in [1.29, 1.82) is 0 Å². The Bertz CT molecular complexity index is 688. The number of amides is 1. The van der Waals surface area contributed by atoms with E-state index >= 15 is 0 Å². The highest BCUT2D eigenvalue weighted by Gasteiger charge is 2.44. The second kappa shape index (κ2) is 8.12. The molecule has 5 heteroatoms. The second-order valence-electron chi connectivity index (χ2n) is 6.24. The number of pyridine rings is 1. The molecule has 0 spiro atoms. The number of rotatable bonds is 8. The highest BCUT2D eigenvalue weighted by Crippen LogP contribution is 2.47. The smallest absolute Gasteiger partial charge is 0.224 e. The van der Waals surface area contributed by atoms with Gasteiger partial charge in [-0.15, -0.1) is 0 Å². The van der Waals surface area contributed by atoms with Crippen LogP contribution in [0.5, 0.6) is 5.88 Å². The molecule has 0 aliphatic heterocycles. The molecular weight excluding hydrogens is 316 g/mol. The van der Waals surface area contributed by atoms with E-state index in [0.717, 1.165) is 12.0 Å². The molecular formula is C20H24N2O3. The summed E-state index contributed by atoms with van der Waals surface area (Å²) in [6, 6.07) is 13.7. The SMILES string of the molecule is CCOc1ccc(C(COC)NC(=O)C2CC2c2ccccc2)cn1. The van der Waals surface area contributed by atoms with Crippen molar-refractivity contribution in [3.63, 3.8) is 0 Å². The Morgan fingerprint density at radius 2 is 2.08 bits per heavy atom. The van der Waals surface area contributed by atoms with Gasteiger partial charge in [0.1, 0.15) is 0 Å². The molecule has 0 radical (unpaired) electrons. The predicted molar refractivity (Wildman–Crippen MR) is 95.5 cm³/mol. The number of aromatic nitrogens is 1. The standard InChI is InChI=1S/C20H24N2O3/c1-3-25-19-10-9-15(12-21-19)18(13-24-2)22-20(23)17-11-16(17)14-7-5-4-6-8-14/h4-10,12,16-18H,3,11,13H2,1-2H3,(H,22,23). The highest BCUT2D eigenvalue weighted by atomic mass is 16.5. The number of methoxy groups -OCH3 is 1. The van der Waals surface area contributed by atoms with E-state index in [1.54, 1.807) is 13.3 Å². The Hall–Kier alpha value is -2.40. The Morgan fingerprint density at radius 1 is 1.28 bits per heavy atom. The monoisotopic (exact) mass is 340 g/mol. The van der Waals surface area contributed by atoms with Crippen molar-refractivity contribution < 1.29 is 14.3 Å². The van der Waals surface area contributed by atoms with Crippen LogP contribution >= 0.6 is 0 Å². The molecule has 1 aliphatic carbocycles. The zero-order chi connectivity index (χ0) is 17.6. The van der Waals surface area contributed by atoms with Crippen LogP contribution in [0.25, 0.3) is 0 Å². The van der Waals surface area contributed by atoms with Crippen molar-refractivity contribution in [2.45, 2.75) is 25.3 Å². The minimum Gasteiger partial charge on any atom is -0.478 e. The van der Waals surface area contributed by atoms with Crippen molar-refractivity contribution in [3.05, 3.63) is 59.8 Å². The largest absolute Gasteiger partial charge is 0.478 e. The maximum absolute atomic E-state index is 12.6. The third kappa shape index (κ3) is 4.37. The number of carbonyl (C=O) groups is 1. The number of benzene rings is 1. The van der Waals surface area contributed by atoms with E-state index in [0.29, 0.717) is 25.0 Å². The fraction of sp³-hybridized carbons (Fsp3) is 0.400. The second-order valence-corrected chi connectivity index (χ2v) is 6.24. The van der Waals surface area contributed by atoms with Crippen LogP contribution in [-0.2, 0) is 9.53 Å². The first-order valence-electron chi connectivity index (χ1n) is 8.66. The van der Waals surface area contributed by atoms with Crippen molar-refractivity contribution in [1.82, 2.24) is 10.3 Å². The average molecular weight is 340 g/mol. The topological polar surface area (TPSA) is 60.5 Å². The summed E-state index contributed by atoms with van der Waals surface area (Å²) in [6.45, 7) is 2.90. The summed E-state index contributed by atoms with van der Waals surface area (Å²) in [5, 5.41) is 3.10. The van der Waals surface area contributed by atoms with Gasteiger partial charge in [-0.3, -0.25) is 4.79 Å². The van der Waals surface area contributed by atoms with Gasteiger partial charge in [-0.1, -0.05) is 30.3 Å². The normalized spacial score (nSPS) is 19.9. The van der Waals surface area contributed by atoms with Crippen LogP contribution in [0, 0.1) is 5.92 Å². The average Bonchev–Trinajstić information content (AvgIpc) is 3.44. The van der Waals surface area contributed by atoms with Crippen molar-refractivity contribution in [3.8, 4) is 5.88 Å². The summed E-state index contributed by atoms with van der Waals surface area (Å²) >= 11 is 0. The zero-order valence-electron chi connectivity index (χ0n) is 14.6. The minimum atomic E-state index is -0.210. The van der Waals surface area contributed by atoms with E-state index in [-0.39, 0.29) is 17.9 Å². The van der Waals surface area contributed by atoms with Crippen LogP contribution in [0.4, 0.5) is 0 Å². The van der Waals surface area contributed by atoms with Gasteiger partial charge >= 0.3 is 0 Å². The van der Waals surface area contributed by atoms with E-state index in [9.17, 15) is 4.79 Å². The van der Waals surface area contributed by atoms with Crippen LogP contribution in [-0.4, -0.2) is 31.2 Å². The molecule has 0 saturated heterocycles. The van der Waals surface area contributed by atoms with Gasteiger partial charge in [-0.25, -0.2) is 4.98 Å². The van der Waals surface area contributed by atoms with Gasteiger partial charge in [0.15, 0.2) is 0 Å². The van der Waals surface area contributed by atoms with Gasteiger partial charge < -0.3 is 14.8 Å². The van der Waals surface area contributed by atoms with E-state index < -0.39 is 0 Å². The van der Waals surface area contributed by atoms with Gasteiger partial charge in [0.25, 0.3) is 0 Å². The Kier molecular flexibility index (Phi) is 5.66. The first kappa shape index (κ1) is 17.4. The van der Waals surface area contributed by atoms with Gasteiger partial charge in [-0.2, -0.15) is 0 Å². The van der Waals surface area contributed by atoms with Crippen LogP contribution in [0.3, 0.4) is 0 Å². The third-order valence-corrected chi connectivity index (χ3v) is 4.46. The number of hydrogen-bond donors (Lipinski definition) is 1. The highest BCUT2D eigenvalue weighted by molar-refractivity contribution is 5.83. The summed E-state index contributed by atoms with van der Waals surface area (Å²) in [4.78, 5) is 16.9. The predicted octanol–water partition coefficient (Wildman–Crippen LogP) is 3.09. The first-order valence-corrected chi connectivity index (χ1v) is 8.66. The molecule has 132 valence electrons. The van der Waals surface area contributed by atoms with Gasteiger partial charge in [0.2, 0.25) is 11.8 Å². The maximum Gasteiger partial charge on any atom is 0.224 e. The minimum absolute atomic E-state index is 0.0393. The molecule has 1 amide bonds. The van der Waals surface area contributed by atoms with Crippen molar-refractivity contribution >= 4 is 5.91 Å². The Morgan fingerprint density at radius 3 is 2.72 bits per heavy atom. The first-order chi connectivity index (χ1) is 12.2. The zero-order valence-corrected chi connectivity index (χ0v) is 14.6. The van der Waals surface area contributed by atoms with E-state index in [4.69, 9.17) is 9.47 Å². The molecule has 25 heavy (non-hydrogen) atoms. The molecule has 0 bridgehead atoms. The van der Waals surface area contributed by atoms with E-state index in [2.05, 4.69) is 22.4 Å². The van der Waals surface area contributed by atoms with Crippen molar-refractivity contribution in [2.75, 3.05) is 20.3 Å². The summed E-state index contributed by atoms with van der Waals surface area (Å²) in [7, 11) is 1.63. The number of ether oxygens (including phenoxy) is 2. The molecule has 1 aromatic carbocycles. The fourth-order valence-corrected chi connectivity index (χ4v) is 3.05. The van der Waals surface area contributed by atoms with Crippen LogP contribution in [0.2, 0.25) is 0 Å². The summed E-state index contributed by atoms with van der Waals surface area (Å²) < 4.78 is 10.6. The molecule has 3 rings (SSSR count). The number of nitrogens with one attached hydrogen (secondary N) is 1. The number of nitrogens with zero attached hydrogens (tertiary/aromatic N) is 1. The molecule has 1 N–H and O–H groups in total. The fourth-order valence-electron chi connectivity index (χ4n) is 3.05. The summed E-state index contributed by atoms with van der Waals surface area (Å²) in [5.41, 5.74) is 2.14. The number of carbonyl (C=O) groups excluding carboxylic acids is 1. The Balaban J connectivity index is 1.63. The van der Waals surface area contributed by atoms with Gasteiger partial charge in [0, 0.05) is 25.3 Å². The van der Waals surface area contributed by atoms with E-state index in [1.807, 2.05) is 37.3 Å². The molecule has 3 atom stereocenters. The molecule has 1 aromatic heterocycles. The molecule has 5 nitrogen and oxygen atoms in total. The Labute approximate surface area is 148 Å². The van der Waals surface area contributed by atoms with Crippen LogP contribution in [0.15, 0.2) is 48.7 Å².